The minimum absolute atomic E-state index is 0.0319. The fourth-order valence-electron chi connectivity index (χ4n) is 1.73. The van der Waals surface area contributed by atoms with E-state index in [9.17, 15) is 26.7 Å². The summed E-state index contributed by atoms with van der Waals surface area (Å²) in [7, 11) is 0. The zero-order valence-corrected chi connectivity index (χ0v) is 10.2. The molecule has 0 atom stereocenters. The van der Waals surface area contributed by atoms with Crippen molar-refractivity contribution in [3.63, 3.8) is 0 Å². The van der Waals surface area contributed by atoms with E-state index in [1.807, 2.05) is 0 Å². The van der Waals surface area contributed by atoms with Crippen LogP contribution in [0, 0.1) is 11.6 Å². The van der Waals surface area contributed by atoms with Crippen molar-refractivity contribution >= 4 is 6.04 Å². The lowest BCUT2D eigenvalue weighted by Crippen LogP contribution is -2.03. The predicted octanol–water partition coefficient (Wildman–Crippen LogP) is 4.34. The number of carbonyl (C=O) groups excluding carboxylic acids is 1. The van der Waals surface area contributed by atoms with E-state index >= 15 is 0 Å². The summed E-state index contributed by atoms with van der Waals surface area (Å²) in [5, 5.41) is 0. The highest BCUT2D eigenvalue weighted by molar-refractivity contribution is 5.89. The molecule has 21 heavy (non-hydrogen) atoms. The highest BCUT2D eigenvalue weighted by Gasteiger charge is 2.14. The first-order valence-corrected chi connectivity index (χ1v) is 5.62. The molecule has 2 aromatic carbocycles. The number of hydrogen-bond acceptors (Lipinski definition) is 2. The smallest absolute Gasteiger partial charge is 0.387 e. The molecule has 2 nitrogen and oxygen atoms in total. The third kappa shape index (κ3) is 3.36. The van der Waals surface area contributed by atoms with Crippen molar-refractivity contribution in [3.05, 3.63) is 53.6 Å². The van der Waals surface area contributed by atoms with Crippen LogP contribution in [0.25, 0.3) is 11.1 Å². The summed E-state index contributed by atoms with van der Waals surface area (Å²) < 4.78 is 67.6. The lowest BCUT2D eigenvalue weighted by Gasteiger charge is -2.08. The molecule has 0 bridgehead atoms. The number of hydrogen-bond donors (Lipinski definition) is 0. The number of benzene rings is 2. The van der Waals surface area contributed by atoms with Crippen LogP contribution in [-0.2, 0) is 0 Å². The van der Waals surface area contributed by atoms with Crippen LogP contribution in [-0.4, -0.2) is 12.6 Å². The van der Waals surface area contributed by atoms with E-state index in [1.165, 1.54) is 0 Å². The van der Waals surface area contributed by atoms with Crippen LogP contribution in [0.1, 0.15) is 10.4 Å². The molecule has 0 saturated carbocycles. The highest BCUT2D eigenvalue weighted by atomic mass is 19.3. The van der Waals surface area contributed by atoms with Crippen LogP contribution in [0.15, 0.2) is 36.4 Å². The van der Waals surface area contributed by atoms with Gasteiger partial charge in [-0.25, -0.2) is 8.78 Å². The molecular formula is C14H7F5O2. The Morgan fingerprint density at radius 1 is 1.00 bits per heavy atom. The van der Waals surface area contributed by atoms with E-state index in [-0.39, 0.29) is 11.1 Å². The molecule has 0 aliphatic carbocycles. The van der Waals surface area contributed by atoms with E-state index in [4.69, 9.17) is 0 Å². The van der Waals surface area contributed by atoms with Gasteiger partial charge in [0.15, 0.2) is 11.6 Å². The minimum atomic E-state index is -3.18. The minimum Gasteiger partial charge on any atom is -0.432 e. The summed E-state index contributed by atoms with van der Waals surface area (Å²) in [6.45, 7) is -3.18. The largest absolute Gasteiger partial charge is 0.432 e. The molecule has 0 N–H and O–H groups in total. The second-order valence-corrected chi connectivity index (χ2v) is 3.99. The quantitative estimate of drug-likeness (QED) is 0.620. The maximum absolute atomic E-state index is 13.7. The molecule has 0 aliphatic rings. The van der Waals surface area contributed by atoms with Gasteiger partial charge in [-0.2, -0.15) is 13.2 Å². The molecule has 0 unspecified atom stereocenters. The van der Waals surface area contributed by atoms with Crippen LogP contribution in [0.4, 0.5) is 22.0 Å². The van der Waals surface area contributed by atoms with Gasteiger partial charge in [0.1, 0.15) is 5.82 Å². The molecule has 0 spiro atoms. The SMILES string of the molecule is O=C(F)c1ccc(-c2ccc(OC(F)F)c(F)c2)c(F)c1. The van der Waals surface area contributed by atoms with E-state index in [0.717, 1.165) is 30.3 Å². The second-order valence-electron chi connectivity index (χ2n) is 3.99. The molecule has 0 amide bonds. The number of rotatable bonds is 4. The van der Waals surface area contributed by atoms with Crippen molar-refractivity contribution in [2.45, 2.75) is 6.61 Å². The maximum atomic E-state index is 13.7. The molecule has 0 aliphatic heterocycles. The molecule has 0 saturated heterocycles. The number of carbonyl (C=O) groups is 1. The standard InChI is InChI=1S/C14H7F5O2/c15-10-6-8(13(17)20)1-3-9(10)7-2-4-12(11(16)5-7)21-14(18)19/h1-6,14H. The predicted molar refractivity (Wildman–Crippen MR) is 63.9 cm³/mol. The van der Waals surface area contributed by atoms with Gasteiger partial charge < -0.3 is 4.74 Å². The molecule has 2 rings (SSSR count). The van der Waals surface area contributed by atoms with Crippen molar-refractivity contribution < 1.29 is 31.5 Å². The van der Waals surface area contributed by atoms with Crippen LogP contribution < -0.4 is 4.74 Å². The van der Waals surface area contributed by atoms with Gasteiger partial charge in [-0.15, -0.1) is 0 Å². The van der Waals surface area contributed by atoms with Gasteiger partial charge in [-0.1, -0.05) is 12.1 Å². The van der Waals surface area contributed by atoms with Crippen molar-refractivity contribution in [1.29, 1.82) is 0 Å². The van der Waals surface area contributed by atoms with Crippen LogP contribution in [0.5, 0.6) is 5.75 Å². The normalized spacial score (nSPS) is 10.8. The van der Waals surface area contributed by atoms with Gasteiger partial charge in [0.05, 0.1) is 5.56 Å². The Hall–Kier alpha value is -2.44. The Bertz CT molecular complexity index is 685. The summed E-state index contributed by atoms with van der Waals surface area (Å²) in [5.41, 5.74) is -0.554. The Kier molecular flexibility index (Phi) is 4.21. The average molecular weight is 302 g/mol. The fraction of sp³-hybridized carbons (Fsp3) is 0.0714. The lowest BCUT2D eigenvalue weighted by molar-refractivity contribution is -0.0521. The van der Waals surface area contributed by atoms with Gasteiger partial charge in [0.25, 0.3) is 0 Å². The van der Waals surface area contributed by atoms with E-state index < -0.39 is 35.6 Å². The van der Waals surface area contributed by atoms with Crippen LogP contribution in [0.2, 0.25) is 0 Å². The maximum Gasteiger partial charge on any atom is 0.387 e. The molecule has 110 valence electrons. The van der Waals surface area contributed by atoms with Crippen LogP contribution >= 0.6 is 0 Å². The van der Waals surface area contributed by atoms with Gasteiger partial charge >= 0.3 is 12.6 Å². The van der Waals surface area contributed by atoms with Gasteiger partial charge in [0.2, 0.25) is 0 Å². The first-order valence-electron chi connectivity index (χ1n) is 5.62. The number of ether oxygens (including phenoxy) is 1. The second kappa shape index (κ2) is 5.90. The summed E-state index contributed by atoms with van der Waals surface area (Å²) in [4.78, 5) is 10.5. The monoisotopic (exact) mass is 302 g/mol. The number of alkyl halides is 2. The molecule has 0 fully saturated rings. The third-order valence-corrected chi connectivity index (χ3v) is 2.65. The van der Waals surface area contributed by atoms with Crippen LogP contribution in [0.3, 0.4) is 0 Å². The van der Waals surface area contributed by atoms with Gasteiger partial charge in [0, 0.05) is 5.56 Å². The van der Waals surface area contributed by atoms with Crippen molar-refractivity contribution in [3.8, 4) is 16.9 Å². The molecular weight excluding hydrogens is 295 g/mol. The first kappa shape index (κ1) is 15.0. The summed E-state index contributed by atoms with van der Waals surface area (Å²) >= 11 is 0. The third-order valence-electron chi connectivity index (χ3n) is 2.65. The first-order chi connectivity index (χ1) is 9.88. The van der Waals surface area contributed by atoms with E-state index in [1.54, 1.807) is 0 Å². The molecule has 2 aromatic rings. The summed E-state index contributed by atoms with van der Waals surface area (Å²) in [6, 6.07) is 3.87. The van der Waals surface area contributed by atoms with Gasteiger partial charge in [-0.05, 0) is 29.8 Å². The fourth-order valence-corrected chi connectivity index (χ4v) is 1.73. The highest BCUT2D eigenvalue weighted by Crippen LogP contribution is 2.29. The Labute approximate surface area is 115 Å². The van der Waals surface area contributed by atoms with Crippen molar-refractivity contribution in [1.82, 2.24) is 0 Å². The van der Waals surface area contributed by atoms with Crippen molar-refractivity contribution in [2.75, 3.05) is 0 Å². The van der Waals surface area contributed by atoms with Gasteiger partial charge in [-0.3, -0.25) is 4.79 Å². The Balaban J connectivity index is 2.39. The van der Waals surface area contributed by atoms with E-state index in [0.29, 0.717) is 6.07 Å². The molecule has 0 aromatic heterocycles. The van der Waals surface area contributed by atoms with E-state index in [2.05, 4.69) is 4.74 Å². The molecule has 0 radical (unpaired) electrons. The Morgan fingerprint density at radius 3 is 2.24 bits per heavy atom. The zero-order chi connectivity index (χ0) is 15.6. The molecule has 0 heterocycles. The topological polar surface area (TPSA) is 26.3 Å². The molecule has 7 heteroatoms. The summed E-state index contributed by atoms with van der Waals surface area (Å²) in [5.74, 6) is -2.72. The Morgan fingerprint density at radius 2 is 1.71 bits per heavy atom. The summed E-state index contributed by atoms with van der Waals surface area (Å²) in [6.07, 6.45) is 0. The lowest BCUT2D eigenvalue weighted by atomic mass is 10.0. The zero-order valence-electron chi connectivity index (χ0n) is 10.2. The average Bonchev–Trinajstić information content (AvgIpc) is 2.40. The number of halogens is 5. The van der Waals surface area contributed by atoms with Crippen molar-refractivity contribution in [2.24, 2.45) is 0 Å².